The standard InChI is InChI=1S/C46H88NO8P/c1-3-5-7-9-11-13-15-17-18-19-20-21-22-23-24-25-27-28-30-32-34-36-38-45(48)52-42-44(43-54-56(50,51)53-41-40-47)55-46(49)39-37-35-33-31-29-26-16-14-12-10-8-6-4-2/h8,10,14,16,44H,3-7,9,11-13,15,17-43,47H2,1-2H3,(H,50,51)/b10-8-,16-14-. The van der Waals surface area contributed by atoms with Crippen LogP contribution in [0.25, 0.3) is 0 Å². The summed E-state index contributed by atoms with van der Waals surface area (Å²) in [5, 5.41) is 0. The van der Waals surface area contributed by atoms with Crippen molar-refractivity contribution in [2.24, 2.45) is 5.73 Å². The van der Waals surface area contributed by atoms with Crippen LogP contribution in [0.5, 0.6) is 0 Å². The number of phosphoric ester groups is 1. The lowest BCUT2D eigenvalue weighted by Crippen LogP contribution is -2.29. The lowest BCUT2D eigenvalue weighted by atomic mass is 10.0. The molecule has 0 saturated heterocycles. The monoisotopic (exact) mass is 814 g/mol. The first-order valence-corrected chi connectivity index (χ1v) is 24.8. The van der Waals surface area contributed by atoms with Crippen molar-refractivity contribution in [2.45, 2.75) is 232 Å². The van der Waals surface area contributed by atoms with Gasteiger partial charge in [-0.15, -0.1) is 0 Å². The lowest BCUT2D eigenvalue weighted by Gasteiger charge is -2.19. The fraction of sp³-hybridized carbons (Fsp3) is 0.870. The Bertz CT molecular complexity index is 975. The van der Waals surface area contributed by atoms with E-state index in [-0.39, 0.29) is 38.6 Å². The average Bonchev–Trinajstić information content (AvgIpc) is 3.18. The van der Waals surface area contributed by atoms with Crippen molar-refractivity contribution < 1.29 is 37.6 Å². The number of carbonyl (C=O) groups excluding carboxylic acids is 2. The minimum Gasteiger partial charge on any atom is -0.462 e. The van der Waals surface area contributed by atoms with E-state index in [0.717, 1.165) is 64.2 Å². The van der Waals surface area contributed by atoms with Gasteiger partial charge in [0, 0.05) is 19.4 Å². The smallest absolute Gasteiger partial charge is 0.462 e. The molecule has 330 valence electrons. The van der Waals surface area contributed by atoms with Gasteiger partial charge in [0.2, 0.25) is 0 Å². The average molecular weight is 814 g/mol. The third kappa shape index (κ3) is 42.1. The van der Waals surface area contributed by atoms with E-state index in [0.29, 0.717) is 6.42 Å². The molecule has 0 aliphatic rings. The Kier molecular flexibility index (Phi) is 41.9. The molecule has 2 unspecified atom stereocenters. The van der Waals surface area contributed by atoms with E-state index in [9.17, 15) is 19.0 Å². The first-order chi connectivity index (χ1) is 27.3. The van der Waals surface area contributed by atoms with Crippen LogP contribution in [-0.4, -0.2) is 49.3 Å². The zero-order valence-electron chi connectivity index (χ0n) is 36.4. The van der Waals surface area contributed by atoms with Gasteiger partial charge < -0.3 is 20.1 Å². The van der Waals surface area contributed by atoms with Crippen LogP contribution in [-0.2, 0) is 32.7 Å². The second kappa shape index (κ2) is 43.1. The Hall–Kier alpha value is -1.51. The van der Waals surface area contributed by atoms with Gasteiger partial charge in [-0.3, -0.25) is 18.6 Å². The van der Waals surface area contributed by atoms with Gasteiger partial charge in [-0.1, -0.05) is 199 Å². The summed E-state index contributed by atoms with van der Waals surface area (Å²) in [6.45, 7) is 3.68. The van der Waals surface area contributed by atoms with Crippen LogP contribution >= 0.6 is 7.82 Å². The number of esters is 2. The third-order valence-corrected chi connectivity index (χ3v) is 11.1. The number of unbranched alkanes of at least 4 members (excludes halogenated alkanes) is 27. The first kappa shape index (κ1) is 54.5. The summed E-state index contributed by atoms with van der Waals surface area (Å²) in [6, 6.07) is 0. The summed E-state index contributed by atoms with van der Waals surface area (Å²) in [5.41, 5.74) is 5.35. The van der Waals surface area contributed by atoms with E-state index in [1.165, 1.54) is 128 Å². The quantitative estimate of drug-likeness (QED) is 0.0267. The molecule has 0 spiro atoms. The van der Waals surface area contributed by atoms with Crippen LogP contribution in [0.15, 0.2) is 24.3 Å². The minimum atomic E-state index is -4.38. The SMILES string of the molecule is CCC/C=C\C/C=C\CCCCCCCC(=O)OC(COC(=O)CCCCCCCCCCCCCCCCCCCCCCCC)COP(=O)(O)OCCN. The highest BCUT2D eigenvalue weighted by molar-refractivity contribution is 7.47. The van der Waals surface area contributed by atoms with Crippen LogP contribution in [0, 0.1) is 0 Å². The Balaban J connectivity index is 4.01. The fourth-order valence-corrected chi connectivity index (χ4v) is 7.38. The maximum absolute atomic E-state index is 12.6. The van der Waals surface area contributed by atoms with Crippen molar-refractivity contribution in [3.8, 4) is 0 Å². The van der Waals surface area contributed by atoms with E-state index < -0.39 is 26.5 Å². The van der Waals surface area contributed by atoms with E-state index >= 15 is 0 Å². The second-order valence-corrected chi connectivity index (χ2v) is 17.1. The summed E-state index contributed by atoms with van der Waals surface area (Å²) in [4.78, 5) is 34.9. The molecule has 0 aromatic carbocycles. The molecule has 0 bridgehead atoms. The van der Waals surface area contributed by atoms with Gasteiger partial charge >= 0.3 is 19.8 Å². The minimum absolute atomic E-state index is 0.0525. The molecule has 0 fully saturated rings. The maximum atomic E-state index is 12.6. The van der Waals surface area contributed by atoms with Crippen LogP contribution < -0.4 is 5.73 Å². The highest BCUT2D eigenvalue weighted by Gasteiger charge is 2.26. The van der Waals surface area contributed by atoms with Crippen molar-refractivity contribution in [3.05, 3.63) is 24.3 Å². The number of hydrogen-bond donors (Lipinski definition) is 2. The number of phosphoric acid groups is 1. The van der Waals surface area contributed by atoms with E-state index in [4.69, 9.17) is 24.3 Å². The Morgan fingerprint density at radius 3 is 1.43 bits per heavy atom. The van der Waals surface area contributed by atoms with Gasteiger partial charge in [0.25, 0.3) is 0 Å². The van der Waals surface area contributed by atoms with Crippen LogP contribution in [0.4, 0.5) is 0 Å². The number of ether oxygens (including phenoxy) is 2. The predicted octanol–water partition coefficient (Wildman–Crippen LogP) is 13.6. The fourth-order valence-electron chi connectivity index (χ4n) is 6.62. The lowest BCUT2D eigenvalue weighted by molar-refractivity contribution is -0.161. The predicted molar refractivity (Wildman–Crippen MR) is 234 cm³/mol. The van der Waals surface area contributed by atoms with E-state index in [1.807, 2.05) is 0 Å². The van der Waals surface area contributed by atoms with Gasteiger partial charge in [-0.2, -0.15) is 0 Å². The van der Waals surface area contributed by atoms with Crippen molar-refractivity contribution in [2.75, 3.05) is 26.4 Å². The summed E-state index contributed by atoms with van der Waals surface area (Å²) >= 11 is 0. The van der Waals surface area contributed by atoms with Crippen molar-refractivity contribution in [3.63, 3.8) is 0 Å². The summed E-state index contributed by atoms with van der Waals surface area (Å²) in [5.74, 6) is -0.836. The molecule has 0 aliphatic carbocycles. The van der Waals surface area contributed by atoms with Crippen LogP contribution in [0.3, 0.4) is 0 Å². The molecule has 9 nitrogen and oxygen atoms in total. The number of rotatable bonds is 44. The zero-order valence-corrected chi connectivity index (χ0v) is 37.3. The highest BCUT2D eigenvalue weighted by atomic mass is 31.2. The molecular formula is C46H88NO8P. The summed E-state index contributed by atoms with van der Waals surface area (Å²) in [7, 11) is -4.38. The van der Waals surface area contributed by atoms with Crippen molar-refractivity contribution in [1.29, 1.82) is 0 Å². The molecule has 0 radical (unpaired) electrons. The van der Waals surface area contributed by atoms with E-state index in [2.05, 4.69) is 38.2 Å². The Labute approximate surface area is 344 Å². The summed E-state index contributed by atoms with van der Waals surface area (Å²) in [6.07, 6.45) is 46.5. The molecule has 0 aromatic rings. The first-order valence-electron chi connectivity index (χ1n) is 23.3. The number of allylic oxidation sites excluding steroid dienone is 4. The number of hydrogen-bond acceptors (Lipinski definition) is 8. The topological polar surface area (TPSA) is 134 Å². The molecule has 3 N–H and O–H groups in total. The van der Waals surface area contributed by atoms with Crippen LogP contribution in [0.1, 0.15) is 226 Å². The Morgan fingerprint density at radius 2 is 0.964 bits per heavy atom. The van der Waals surface area contributed by atoms with Gasteiger partial charge in [0.05, 0.1) is 13.2 Å². The molecule has 10 heteroatoms. The van der Waals surface area contributed by atoms with Crippen molar-refractivity contribution >= 4 is 19.8 Å². The summed E-state index contributed by atoms with van der Waals surface area (Å²) < 4.78 is 32.8. The van der Waals surface area contributed by atoms with Gasteiger partial charge in [0.1, 0.15) is 6.61 Å². The van der Waals surface area contributed by atoms with E-state index in [1.54, 1.807) is 0 Å². The molecule has 2 atom stereocenters. The van der Waals surface area contributed by atoms with Gasteiger partial charge in [0.15, 0.2) is 6.10 Å². The second-order valence-electron chi connectivity index (χ2n) is 15.6. The number of carbonyl (C=O) groups is 2. The molecule has 56 heavy (non-hydrogen) atoms. The molecular weight excluding hydrogens is 725 g/mol. The molecule has 0 aromatic heterocycles. The molecule has 0 aliphatic heterocycles. The normalized spacial score (nSPS) is 13.4. The third-order valence-electron chi connectivity index (χ3n) is 10.1. The number of nitrogens with two attached hydrogens (primary N) is 1. The van der Waals surface area contributed by atoms with Gasteiger partial charge in [-0.05, 0) is 38.5 Å². The van der Waals surface area contributed by atoms with Crippen molar-refractivity contribution in [1.82, 2.24) is 0 Å². The van der Waals surface area contributed by atoms with Gasteiger partial charge in [-0.25, -0.2) is 4.57 Å². The molecule has 0 amide bonds. The Morgan fingerprint density at radius 1 is 0.536 bits per heavy atom. The molecule has 0 saturated carbocycles. The zero-order chi connectivity index (χ0) is 41.1. The molecule has 0 heterocycles. The molecule has 0 rings (SSSR count). The van der Waals surface area contributed by atoms with Crippen LogP contribution in [0.2, 0.25) is 0 Å². The maximum Gasteiger partial charge on any atom is 0.472 e. The highest BCUT2D eigenvalue weighted by Crippen LogP contribution is 2.43. The largest absolute Gasteiger partial charge is 0.472 e.